The molecule has 2 aromatic rings. The maximum Gasteiger partial charge on any atom is 0.251 e. The number of likely N-dealkylation sites (N-methyl/N-ethyl adjacent to an activating group) is 1. The smallest absolute Gasteiger partial charge is 0.251 e. The van der Waals surface area contributed by atoms with Crippen LogP contribution in [0.1, 0.15) is 42.1 Å². The third-order valence-electron chi connectivity index (χ3n) is 7.89. The summed E-state index contributed by atoms with van der Waals surface area (Å²) in [5.74, 6) is -2.58. The molecule has 226 valence electrons. The molecule has 2 saturated heterocycles. The first-order chi connectivity index (χ1) is 20.6. The van der Waals surface area contributed by atoms with E-state index in [1.54, 1.807) is 0 Å². The Morgan fingerprint density at radius 1 is 1.12 bits per heavy atom. The van der Waals surface area contributed by atoms with Crippen molar-refractivity contribution < 1.29 is 23.2 Å². The highest BCUT2D eigenvalue weighted by atomic mass is 35.5. The number of carbonyl (C=O) groups excluding carboxylic acids is 3. The summed E-state index contributed by atoms with van der Waals surface area (Å²) in [4.78, 5) is 48.6. The van der Waals surface area contributed by atoms with Crippen LogP contribution in [0.3, 0.4) is 0 Å². The van der Waals surface area contributed by atoms with Gasteiger partial charge in [-0.2, -0.15) is 0 Å². The third-order valence-corrected chi connectivity index (χ3v) is 8.22. The quantitative estimate of drug-likeness (QED) is 0.407. The zero-order valence-corrected chi connectivity index (χ0v) is 24.7. The lowest BCUT2D eigenvalue weighted by Crippen LogP contribution is -2.47. The number of fused-ring (bicyclic) bond motifs is 1. The summed E-state index contributed by atoms with van der Waals surface area (Å²) in [5.41, 5.74) is 2.24. The molecule has 2 fully saturated rings. The molecule has 0 aliphatic carbocycles. The number of rotatable bonds is 7. The normalized spacial score (nSPS) is 19.1. The van der Waals surface area contributed by atoms with Crippen molar-refractivity contribution >= 4 is 40.8 Å². The minimum Gasteiger partial charge on any atom is -0.354 e. The number of piperidine rings is 1. The van der Waals surface area contributed by atoms with E-state index in [1.165, 1.54) is 23.8 Å². The summed E-state index contributed by atoms with van der Waals surface area (Å²) in [6.45, 7) is 5.40. The SMILES string of the molecule is CCC1=C(N2CCN(C)CC2)N=C2NC(=O)C(C(=O)Nc3cc(C(=O)NCc4cc(F)ccc4F)ccc3Cl)CC2=CC1. The minimum absolute atomic E-state index is 0.00760. The van der Waals surface area contributed by atoms with Crippen LogP contribution in [0.5, 0.6) is 0 Å². The largest absolute Gasteiger partial charge is 0.354 e. The molecule has 1 atom stereocenters. The molecule has 12 heteroatoms. The maximum atomic E-state index is 13.9. The molecule has 0 bridgehead atoms. The number of hydrogen-bond acceptors (Lipinski definition) is 6. The second kappa shape index (κ2) is 13.0. The van der Waals surface area contributed by atoms with Crippen LogP contribution in [0.15, 0.2) is 64.4 Å². The molecule has 0 spiro atoms. The highest BCUT2D eigenvalue weighted by Gasteiger charge is 2.36. The van der Waals surface area contributed by atoms with Gasteiger partial charge in [-0.25, -0.2) is 13.8 Å². The Hall–Kier alpha value is -4.09. The van der Waals surface area contributed by atoms with Crippen LogP contribution in [0.25, 0.3) is 0 Å². The lowest BCUT2D eigenvalue weighted by atomic mass is 9.91. The highest BCUT2D eigenvalue weighted by molar-refractivity contribution is 6.34. The second-order valence-electron chi connectivity index (χ2n) is 10.8. The summed E-state index contributed by atoms with van der Waals surface area (Å²) < 4.78 is 27.4. The molecule has 3 aliphatic heterocycles. The Balaban J connectivity index is 1.27. The number of anilines is 1. The lowest BCUT2D eigenvalue weighted by Gasteiger charge is -2.35. The fourth-order valence-corrected chi connectivity index (χ4v) is 5.43. The van der Waals surface area contributed by atoms with Crippen LogP contribution in [-0.2, 0) is 16.1 Å². The second-order valence-corrected chi connectivity index (χ2v) is 11.2. The molecular weight excluding hydrogens is 578 g/mol. The lowest BCUT2D eigenvalue weighted by molar-refractivity contribution is -0.131. The van der Waals surface area contributed by atoms with Gasteiger partial charge in [-0.05, 0) is 73.9 Å². The van der Waals surface area contributed by atoms with Crippen molar-refractivity contribution in [2.45, 2.75) is 32.7 Å². The summed E-state index contributed by atoms with van der Waals surface area (Å²) in [5, 5.41) is 8.22. The molecule has 3 N–H and O–H groups in total. The van der Waals surface area contributed by atoms with Gasteiger partial charge in [0.15, 0.2) is 0 Å². The molecular formula is C31H33ClF2N6O3. The predicted molar refractivity (Wildman–Crippen MR) is 160 cm³/mol. The van der Waals surface area contributed by atoms with Crippen molar-refractivity contribution in [3.8, 4) is 0 Å². The number of carbonyl (C=O) groups is 3. The number of aliphatic imine (C=N–C) groups is 1. The molecule has 0 aromatic heterocycles. The number of benzene rings is 2. The van der Waals surface area contributed by atoms with Crippen molar-refractivity contribution in [2.24, 2.45) is 10.9 Å². The van der Waals surface area contributed by atoms with E-state index in [0.717, 1.165) is 62.2 Å². The van der Waals surface area contributed by atoms with Gasteiger partial charge in [0, 0.05) is 43.9 Å². The van der Waals surface area contributed by atoms with E-state index in [4.69, 9.17) is 16.6 Å². The van der Waals surface area contributed by atoms with E-state index >= 15 is 0 Å². The third kappa shape index (κ3) is 6.94. The molecule has 3 heterocycles. The van der Waals surface area contributed by atoms with Crippen LogP contribution in [0, 0.1) is 17.6 Å². The van der Waals surface area contributed by atoms with Gasteiger partial charge in [0.2, 0.25) is 11.8 Å². The van der Waals surface area contributed by atoms with Crippen molar-refractivity contribution in [2.75, 3.05) is 38.5 Å². The van der Waals surface area contributed by atoms with E-state index in [9.17, 15) is 23.2 Å². The van der Waals surface area contributed by atoms with Crippen LogP contribution >= 0.6 is 11.6 Å². The highest BCUT2D eigenvalue weighted by Crippen LogP contribution is 2.30. The van der Waals surface area contributed by atoms with Gasteiger partial charge in [0.1, 0.15) is 29.2 Å². The zero-order valence-electron chi connectivity index (χ0n) is 24.0. The first-order valence-corrected chi connectivity index (χ1v) is 14.6. The molecule has 3 amide bonds. The van der Waals surface area contributed by atoms with E-state index in [2.05, 4.69) is 39.7 Å². The van der Waals surface area contributed by atoms with Crippen LogP contribution in [0.4, 0.5) is 14.5 Å². The average Bonchev–Trinajstić information content (AvgIpc) is 3.17. The van der Waals surface area contributed by atoms with Gasteiger partial charge in [0.05, 0.1) is 10.7 Å². The molecule has 0 radical (unpaired) electrons. The van der Waals surface area contributed by atoms with Crippen molar-refractivity contribution in [1.29, 1.82) is 0 Å². The fraction of sp³-hybridized carbons (Fsp3) is 0.355. The van der Waals surface area contributed by atoms with E-state index < -0.39 is 35.3 Å². The topological polar surface area (TPSA) is 106 Å². The van der Waals surface area contributed by atoms with Crippen LogP contribution < -0.4 is 16.0 Å². The van der Waals surface area contributed by atoms with Crippen molar-refractivity contribution in [3.63, 3.8) is 0 Å². The molecule has 9 nitrogen and oxygen atoms in total. The summed E-state index contributed by atoms with van der Waals surface area (Å²) in [7, 11) is 2.09. The van der Waals surface area contributed by atoms with Gasteiger partial charge in [-0.3, -0.25) is 14.4 Å². The molecule has 5 rings (SSSR count). The number of amides is 3. The Morgan fingerprint density at radius 2 is 1.88 bits per heavy atom. The Labute approximate surface area is 253 Å². The Bertz CT molecular complexity index is 1550. The van der Waals surface area contributed by atoms with Gasteiger partial charge < -0.3 is 25.8 Å². The first kappa shape index (κ1) is 30.4. The molecule has 2 aromatic carbocycles. The summed E-state index contributed by atoms with van der Waals surface area (Å²) in [6, 6.07) is 7.23. The fourth-order valence-electron chi connectivity index (χ4n) is 5.26. The number of allylic oxidation sites excluding steroid dienone is 2. The first-order valence-electron chi connectivity index (χ1n) is 14.2. The van der Waals surface area contributed by atoms with Crippen LogP contribution in [-0.4, -0.2) is 66.6 Å². The summed E-state index contributed by atoms with van der Waals surface area (Å²) in [6.07, 6.45) is 3.69. The van der Waals surface area contributed by atoms with Gasteiger partial charge in [-0.1, -0.05) is 24.6 Å². The number of nitrogens with zero attached hydrogens (tertiary/aromatic N) is 3. The standard InChI is InChI=1S/C31H33ClF2N6O3/c1-3-18-4-5-19-15-23(31(43)38-27(19)37-28(18)40-12-10-39(2)11-13-40)30(42)36-26-16-20(6-8-24(26)32)29(41)35-17-21-14-22(33)7-9-25(21)34/h5-9,14,16,23H,3-4,10-13,15,17H2,1-2H3,(H,35,41)(H,36,42)(H,37,38,43). The maximum absolute atomic E-state index is 13.9. The Kier molecular flexibility index (Phi) is 9.22. The zero-order chi connectivity index (χ0) is 30.7. The number of piperazine rings is 1. The predicted octanol–water partition coefficient (Wildman–Crippen LogP) is 4.22. The van der Waals surface area contributed by atoms with Gasteiger partial charge in [0.25, 0.3) is 5.91 Å². The van der Waals surface area contributed by atoms with E-state index in [1.807, 2.05) is 6.08 Å². The van der Waals surface area contributed by atoms with Gasteiger partial charge >= 0.3 is 0 Å². The molecule has 3 aliphatic rings. The number of nitrogens with one attached hydrogen (secondary N) is 3. The summed E-state index contributed by atoms with van der Waals surface area (Å²) >= 11 is 6.31. The minimum atomic E-state index is -1.04. The van der Waals surface area contributed by atoms with Crippen molar-refractivity contribution in [1.82, 2.24) is 20.4 Å². The average molecular weight is 611 g/mol. The molecule has 0 saturated carbocycles. The monoisotopic (exact) mass is 610 g/mol. The van der Waals surface area contributed by atoms with Crippen molar-refractivity contribution in [3.05, 3.63) is 87.2 Å². The van der Waals surface area contributed by atoms with Crippen LogP contribution in [0.2, 0.25) is 5.02 Å². The number of hydrogen-bond donors (Lipinski definition) is 3. The molecule has 43 heavy (non-hydrogen) atoms. The van der Waals surface area contributed by atoms with E-state index in [-0.39, 0.29) is 34.8 Å². The number of amidine groups is 1. The van der Waals surface area contributed by atoms with E-state index in [0.29, 0.717) is 12.3 Å². The van der Waals surface area contributed by atoms with Gasteiger partial charge in [-0.15, -0.1) is 0 Å². The molecule has 1 unspecified atom stereocenters. The Morgan fingerprint density at radius 3 is 2.63 bits per heavy atom. The number of halogens is 3.